The second kappa shape index (κ2) is 7.24. The summed E-state index contributed by atoms with van der Waals surface area (Å²) in [7, 11) is 0. The van der Waals surface area contributed by atoms with Gasteiger partial charge in [-0.05, 0) is 50.0 Å². The molecule has 0 spiro atoms. The maximum Gasteiger partial charge on any atom is 0.0623 e. The summed E-state index contributed by atoms with van der Waals surface area (Å²) in [5.74, 6) is 2.66. The van der Waals surface area contributed by atoms with Crippen molar-refractivity contribution < 1.29 is 4.74 Å². The summed E-state index contributed by atoms with van der Waals surface area (Å²) in [5.41, 5.74) is 0. The molecule has 0 aromatic rings. The zero-order valence-electron chi connectivity index (χ0n) is 13.1. The summed E-state index contributed by atoms with van der Waals surface area (Å²) in [6, 6.07) is 1.32. The predicted molar refractivity (Wildman–Crippen MR) is 82.9 cm³/mol. The van der Waals surface area contributed by atoms with Gasteiger partial charge >= 0.3 is 0 Å². The summed E-state index contributed by atoms with van der Waals surface area (Å²) in [6.45, 7) is 6.52. The lowest BCUT2D eigenvalue weighted by atomic mass is 9.82. The van der Waals surface area contributed by atoms with E-state index in [1.807, 2.05) is 0 Å². The molecule has 2 N–H and O–H groups in total. The highest BCUT2D eigenvalue weighted by Crippen LogP contribution is 2.31. The van der Waals surface area contributed by atoms with Crippen LogP contribution in [0.2, 0.25) is 0 Å². The van der Waals surface area contributed by atoms with E-state index in [0.29, 0.717) is 6.04 Å². The molecule has 1 saturated heterocycles. The molecule has 5 atom stereocenters. The molecule has 0 aromatic heterocycles. The molecule has 0 bridgehead atoms. The minimum atomic E-state index is 0.592. The van der Waals surface area contributed by atoms with Crippen LogP contribution in [0.1, 0.15) is 51.9 Å². The second-order valence-corrected chi connectivity index (χ2v) is 7.38. The lowest BCUT2D eigenvalue weighted by molar-refractivity contribution is 0.0520. The third-order valence-electron chi connectivity index (χ3n) is 5.75. The van der Waals surface area contributed by atoms with Gasteiger partial charge in [-0.15, -0.1) is 0 Å². The molecular weight excluding hydrogens is 248 g/mol. The molecule has 0 radical (unpaired) electrons. The van der Waals surface area contributed by atoms with Gasteiger partial charge in [0.05, 0.1) is 13.2 Å². The van der Waals surface area contributed by atoms with Gasteiger partial charge in [-0.2, -0.15) is 0 Å². The average molecular weight is 280 g/mol. The molecule has 3 aliphatic rings. The third kappa shape index (κ3) is 3.75. The molecule has 1 heterocycles. The minimum Gasteiger partial charge on any atom is -0.379 e. The molecule has 2 saturated carbocycles. The van der Waals surface area contributed by atoms with Crippen LogP contribution in [-0.2, 0) is 4.74 Å². The number of nitrogens with one attached hydrogen (secondary N) is 2. The fraction of sp³-hybridized carbons (Fsp3) is 1.00. The van der Waals surface area contributed by atoms with Gasteiger partial charge in [0.15, 0.2) is 0 Å². The monoisotopic (exact) mass is 280 g/mol. The van der Waals surface area contributed by atoms with Crippen molar-refractivity contribution in [2.75, 3.05) is 26.3 Å². The number of morpholine rings is 1. The fourth-order valence-electron chi connectivity index (χ4n) is 4.65. The van der Waals surface area contributed by atoms with Gasteiger partial charge < -0.3 is 15.4 Å². The average Bonchev–Trinajstić information content (AvgIpc) is 2.95. The Balaban J connectivity index is 1.46. The lowest BCUT2D eigenvalue weighted by Crippen LogP contribution is -2.51. The highest BCUT2D eigenvalue weighted by atomic mass is 16.5. The SMILES string of the molecule is CC1CCCC(CNC2CCCC2C2COCCN2)C1. The lowest BCUT2D eigenvalue weighted by Gasteiger charge is -2.34. The maximum atomic E-state index is 5.66. The molecule has 0 aromatic carbocycles. The molecule has 3 fully saturated rings. The van der Waals surface area contributed by atoms with Crippen molar-refractivity contribution in [2.45, 2.75) is 64.0 Å². The van der Waals surface area contributed by atoms with Crippen molar-refractivity contribution in [1.29, 1.82) is 0 Å². The topological polar surface area (TPSA) is 33.3 Å². The zero-order valence-corrected chi connectivity index (χ0v) is 13.1. The maximum absolute atomic E-state index is 5.66. The van der Waals surface area contributed by atoms with Gasteiger partial charge in [-0.3, -0.25) is 0 Å². The summed E-state index contributed by atoms with van der Waals surface area (Å²) < 4.78 is 5.66. The van der Waals surface area contributed by atoms with Crippen LogP contribution in [0.25, 0.3) is 0 Å². The second-order valence-electron chi connectivity index (χ2n) is 7.38. The first kappa shape index (κ1) is 14.8. The van der Waals surface area contributed by atoms with E-state index in [9.17, 15) is 0 Å². The van der Waals surface area contributed by atoms with Gasteiger partial charge in [0.2, 0.25) is 0 Å². The Labute approximate surface area is 124 Å². The first-order valence-corrected chi connectivity index (χ1v) is 8.87. The Morgan fingerprint density at radius 3 is 2.85 bits per heavy atom. The van der Waals surface area contributed by atoms with Crippen molar-refractivity contribution in [1.82, 2.24) is 10.6 Å². The number of ether oxygens (including phenoxy) is 1. The Morgan fingerprint density at radius 2 is 2.05 bits per heavy atom. The summed E-state index contributed by atoms with van der Waals surface area (Å²) in [6.07, 6.45) is 9.91. The normalized spacial score (nSPS) is 42.8. The van der Waals surface area contributed by atoms with Crippen molar-refractivity contribution in [2.24, 2.45) is 17.8 Å². The molecule has 0 amide bonds. The number of hydrogen-bond donors (Lipinski definition) is 2. The molecule has 3 nitrogen and oxygen atoms in total. The van der Waals surface area contributed by atoms with E-state index in [1.165, 1.54) is 51.5 Å². The van der Waals surface area contributed by atoms with Crippen LogP contribution in [0.4, 0.5) is 0 Å². The molecule has 116 valence electrons. The van der Waals surface area contributed by atoms with Crippen LogP contribution >= 0.6 is 0 Å². The van der Waals surface area contributed by atoms with Crippen LogP contribution in [0.5, 0.6) is 0 Å². The number of hydrogen-bond acceptors (Lipinski definition) is 3. The van der Waals surface area contributed by atoms with Crippen molar-refractivity contribution in [3.8, 4) is 0 Å². The molecule has 3 rings (SSSR count). The summed E-state index contributed by atoms with van der Waals surface area (Å²) >= 11 is 0. The Bertz CT molecular complexity index is 291. The standard InChI is InChI=1S/C17H32N2O/c1-13-4-2-5-14(10-13)11-19-16-7-3-6-15(16)17-12-20-9-8-18-17/h13-19H,2-12H2,1H3. The van der Waals surface area contributed by atoms with Gasteiger partial charge in [-0.25, -0.2) is 0 Å². The molecule has 20 heavy (non-hydrogen) atoms. The Hall–Kier alpha value is -0.120. The fourth-order valence-corrected chi connectivity index (χ4v) is 4.65. The molecule has 5 unspecified atom stereocenters. The molecular formula is C17H32N2O. The van der Waals surface area contributed by atoms with Crippen LogP contribution < -0.4 is 10.6 Å². The summed E-state index contributed by atoms with van der Waals surface area (Å²) in [5, 5.41) is 7.59. The largest absolute Gasteiger partial charge is 0.379 e. The highest BCUT2D eigenvalue weighted by molar-refractivity contribution is 4.92. The van der Waals surface area contributed by atoms with Gasteiger partial charge in [-0.1, -0.05) is 26.2 Å². The number of rotatable bonds is 4. The van der Waals surface area contributed by atoms with E-state index in [2.05, 4.69) is 17.6 Å². The van der Waals surface area contributed by atoms with E-state index in [4.69, 9.17) is 4.74 Å². The smallest absolute Gasteiger partial charge is 0.0623 e. The van der Waals surface area contributed by atoms with E-state index >= 15 is 0 Å². The van der Waals surface area contributed by atoms with Crippen molar-refractivity contribution >= 4 is 0 Å². The first-order valence-electron chi connectivity index (χ1n) is 8.87. The zero-order chi connectivity index (χ0) is 13.8. The van der Waals surface area contributed by atoms with E-state index < -0.39 is 0 Å². The first-order chi connectivity index (χ1) is 9.83. The van der Waals surface area contributed by atoms with E-state index in [-0.39, 0.29) is 0 Å². The van der Waals surface area contributed by atoms with Crippen LogP contribution in [0.15, 0.2) is 0 Å². The van der Waals surface area contributed by atoms with Crippen LogP contribution in [0, 0.1) is 17.8 Å². The molecule has 2 aliphatic carbocycles. The quantitative estimate of drug-likeness (QED) is 0.830. The van der Waals surface area contributed by atoms with Gasteiger partial charge in [0.25, 0.3) is 0 Å². The minimum absolute atomic E-state index is 0.592. The van der Waals surface area contributed by atoms with Gasteiger partial charge in [0, 0.05) is 18.6 Å². The molecule has 1 aliphatic heterocycles. The Kier molecular flexibility index (Phi) is 5.36. The summed E-state index contributed by atoms with van der Waals surface area (Å²) in [4.78, 5) is 0. The molecule has 3 heteroatoms. The van der Waals surface area contributed by atoms with Crippen LogP contribution in [-0.4, -0.2) is 38.4 Å². The van der Waals surface area contributed by atoms with Crippen LogP contribution in [0.3, 0.4) is 0 Å². The highest BCUT2D eigenvalue weighted by Gasteiger charge is 2.34. The third-order valence-corrected chi connectivity index (χ3v) is 5.75. The van der Waals surface area contributed by atoms with E-state index in [0.717, 1.165) is 43.6 Å². The van der Waals surface area contributed by atoms with Crippen molar-refractivity contribution in [3.63, 3.8) is 0 Å². The Morgan fingerprint density at radius 1 is 1.15 bits per heavy atom. The predicted octanol–water partition coefficient (Wildman–Crippen LogP) is 2.56. The van der Waals surface area contributed by atoms with Gasteiger partial charge in [0.1, 0.15) is 0 Å². The van der Waals surface area contributed by atoms with Crippen molar-refractivity contribution in [3.05, 3.63) is 0 Å². The van der Waals surface area contributed by atoms with E-state index in [1.54, 1.807) is 0 Å².